The summed E-state index contributed by atoms with van der Waals surface area (Å²) < 4.78 is 11.6. The number of allylic oxidation sites excluding steroid dienone is 1. The first-order valence-electron chi connectivity index (χ1n) is 10.0. The van der Waals surface area contributed by atoms with Gasteiger partial charge in [-0.05, 0) is 54.7 Å². The molecule has 0 amide bonds. The molecule has 1 aliphatic rings. The summed E-state index contributed by atoms with van der Waals surface area (Å²) in [5, 5.41) is 1.36. The van der Waals surface area contributed by atoms with E-state index in [0.717, 1.165) is 56.9 Å². The number of ether oxygens (including phenoxy) is 2. The Morgan fingerprint density at radius 2 is 1.76 bits per heavy atom. The molecule has 154 valence electrons. The number of hydrogen-bond donors (Lipinski definition) is 0. The van der Waals surface area contributed by atoms with E-state index in [0.29, 0.717) is 16.7 Å². The largest absolute Gasteiger partial charge is 0.494 e. The number of hydrogen-bond acceptors (Lipinski definition) is 3. The molecule has 0 fully saturated rings. The summed E-state index contributed by atoms with van der Waals surface area (Å²) >= 11 is 12.2. The molecule has 2 aromatic carbocycles. The number of rotatable bonds is 11. The average molecular weight is 432 g/mol. The van der Waals surface area contributed by atoms with E-state index in [4.69, 9.17) is 32.7 Å². The van der Waals surface area contributed by atoms with Crippen molar-refractivity contribution in [3.8, 4) is 0 Å². The fraction of sp³-hybridized carbons (Fsp3) is 0.333. The van der Waals surface area contributed by atoms with Gasteiger partial charge in [0.25, 0.3) is 0 Å². The molecule has 0 atom stereocenters. The van der Waals surface area contributed by atoms with E-state index < -0.39 is 0 Å². The molecule has 0 radical (unpaired) electrons. The highest BCUT2D eigenvalue weighted by atomic mass is 35.5. The van der Waals surface area contributed by atoms with Crippen LogP contribution in [0.4, 0.5) is 0 Å². The zero-order valence-electron chi connectivity index (χ0n) is 16.5. The first-order valence-corrected chi connectivity index (χ1v) is 10.8. The predicted molar refractivity (Wildman–Crippen MR) is 120 cm³/mol. The maximum Gasteiger partial charge on any atom is 0.118 e. The second-order valence-electron chi connectivity index (χ2n) is 7.03. The molecule has 0 saturated carbocycles. The van der Waals surface area contributed by atoms with E-state index in [1.165, 1.54) is 5.56 Å². The smallest absolute Gasteiger partial charge is 0.118 e. The summed E-state index contributed by atoms with van der Waals surface area (Å²) in [6.07, 6.45) is 9.36. The SMILES string of the molecule is Clc1ccc(CN2C=CC(OCCCCCOCc3ccccc3)=CC2)c(Cl)c1. The Bertz CT molecular complexity index is 821. The van der Waals surface area contributed by atoms with Gasteiger partial charge in [-0.15, -0.1) is 0 Å². The topological polar surface area (TPSA) is 21.7 Å². The van der Waals surface area contributed by atoms with E-state index in [-0.39, 0.29) is 0 Å². The van der Waals surface area contributed by atoms with Crippen LogP contribution >= 0.6 is 23.2 Å². The molecular weight excluding hydrogens is 405 g/mol. The molecule has 29 heavy (non-hydrogen) atoms. The van der Waals surface area contributed by atoms with Gasteiger partial charge in [0, 0.05) is 35.9 Å². The van der Waals surface area contributed by atoms with E-state index in [9.17, 15) is 0 Å². The summed E-state index contributed by atoms with van der Waals surface area (Å²) in [5.74, 6) is 0.934. The van der Waals surface area contributed by atoms with Gasteiger partial charge in [0.1, 0.15) is 5.76 Å². The molecule has 5 heteroatoms. The van der Waals surface area contributed by atoms with Crippen molar-refractivity contribution in [1.29, 1.82) is 0 Å². The quantitative estimate of drug-likeness (QED) is 0.373. The van der Waals surface area contributed by atoms with Crippen molar-refractivity contribution in [3.63, 3.8) is 0 Å². The Morgan fingerprint density at radius 3 is 2.52 bits per heavy atom. The van der Waals surface area contributed by atoms with Crippen molar-refractivity contribution in [2.75, 3.05) is 19.8 Å². The van der Waals surface area contributed by atoms with Crippen LogP contribution in [0, 0.1) is 0 Å². The highest BCUT2D eigenvalue weighted by Crippen LogP contribution is 2.23. The van der Waals surface area contributed by atoms with Crippen molar-refractivity contribution < 1.29 is 9.47 Å². The lowest BCUT2D eigenvalue weighted by Crippen LogP contribution is -2.20. The fourth-order valence-corrected chi connectivity index (χ4v) is 3.51. The second-order valence-corrected chi connectivity index (χ2v) is 7.88. The average Bonchev–Trinajstić information content (AvgIpc) is 2.74. The standard InChI is InChI=1S/C24H27Cl2NO2/c25-22-10-9-21(24(26)17-22)18-27-13-11-23(12-14-27)29-16-6-2-5-15-28-19-20-7-3-1-4-8-20/h1,3-4,7-13,17H,2,5-6,14-16,18-19H2. The molecule has 0 aliphatic carbocycles. The fourth-order valence-electron chi connectivity index (χ4n) is 3.05. The van der Waals surface area contributed by atoms with Gasteiger partial charge in [-0.3, -0.25) is 0 Å². The number of halogens is 2. The Labute approximate surface area is 183 Å². The lowest BCUT2D eigenvalue weighted by atomic mass is 10.2. The van der Waals surface area contributed by atoms with Gasteiger partial charge in [-0.1, -0.05) is 59.6 Å². The molecule has 3 rings (SSSR count). The molecule has 0 N–H and O–H groups in total. The van der Waals surface area contributed by atoms with Gasteiger partial charge in [0.2, 0.25) is 0 Å². The highest BCUT2D eigenvalue weighted by molar-refractivity contribution is 6.35. The normalized spacial score (nSPS) is 13.4. The predicted octanol–water partition coefficient (Wildman–Crippen LogP) is 6.61. The maximum absolute atomic E-state index is 6.25. The van der Waals surface area contributed by atoms with Crippen LogP contribution in [0.25, 0.3) is 0 Å². The van der Waals surface area contributed by atoms with Gasteiger partial charge in [0.05, 0.1) is 13.2 Å². The minimum absolute atomic E-state index is 0.659. The summed E-state index contributed by atoms with van der Waals surface area (Å²) in [6.45, 7) is 3.77. The van der Waals surface area contributed by atoms with Crippen LogP contribution in [0.3, 0.4) is 0 Å². The minimum Gasteiger partial charge on any atom is -0.494 e. The van der Waals surface area contributed by atoms with E-state index in [2.05, 4.69) is 29.3 Å². The number of unbranched alkanes of at least 4 members (excludes halogenated alkanes) is 2. The number of nitrogens with zero attached hydrogens (tertiary/aromatic N) is 1. The molecule has 1 aliphatic heterocycles. The molecule has 0 bridgehead atoms. The van der Waals surface area contributed by atoms with Crippen LogP contribution in [0.1, 0.15) is 30.4 Å². The molecule has 0 saturated heterocycles. The molecular formula is C24H27Cl2NO2. The zero-order chi connectivity index (χ0) is 20.3. The van der Waals surface area contributed by atoms with E-state index in [1.807, 2.05) is 36.4 Å². The van der Waals surface area contributed by atoms with Crippen molar-refractivity contribution in [2.24, 2.45) is 0 Å². The molecule has 2 aromatic rings. The number of benzene rings is 2. The summed E-state index contributed by atoms with van der Waals surface area (Å²) in [4.78, 5) is 2.19. The summed E-state index contributed by atoms with van der Waals surface area (Å²) in [7, 11) is 0. The Kier molecular flexibility index (Phi) is 8.94. The van der Waals surface area contributed by atoms with Crippen LogP contribution in [-0.2, 0) is 22.6 Å². The zero-order valence-corrected chi connectivity index (χ0v) is 18.0. The van der Waals surface area contributed by atoms with Crippen LogP contribution in [-0.4, -0.2) is 24.7 Å². The van der Waals surface area contributed by atoms with Crippen molar-refractivity contribution in [2.45, 2.75) is 32.4 Å². The van der Waals surface area contributed by atoms with Crippen LogP contribution < -0.4 is 0 Å². The molecule has 0 spiro atoms. The van der Waals surface area contributed by atoms with E-state index in [1.54, 1.807) is 6.07 Å². The Morgan fingerprint density at radius 1 is 0.931 bits per heavy atom. The Hall–Kier alpha value is -1.94. The second kappa shape index (κ2) is 11.9. The summed E-state index contributed by atoms with van der Waals surface area (Å²) in [6, 6.07) is 15.9. The monoisotopic (exact) mass is 431 g/mol. The van der Waals surface area contributed by atoms with Gasteiger partial charge in [-0.25, -0.2) is 0 Å². The lowest BCUT2D eigenvalue weighted by Gasteiger charge is -2.23. The Balaban J connectivity index is 1.24. The van der Waals surface area contributed by atoms with Crippen molar-refractivity contribution in [3.05, 3.63) is 93.8 Å². The van der Waals surface area contributed by atoms with Gasteiger partial charge >= 0.3 is 0 Å². The van der Waals surface area contributed by atoms with Gasteiger partial charge < -0.3 is 14.4 Å². The van der Waals surface area contributed by atoms with Crippen LogP contribution in [0.5, 0.6) is 0 Å². The molecule has 1 heterocycles. The first kappa shape index (κ1) is 21.8. The van der Waals surface area contributed by atoms with Gasteiger partial charge in [-0.2, -0.15) is 0 Å². The van der Waals surface area contributed by atoms with Crippen LogP contribution in [0.2, 0.25) is 10.0 Å². The van der Waals surface area contributed by atoms with Crippen molar-refractivity contribution >= 4 is 23.2 Å². The summed E-state index contributed by atoms with van der Waals surface area (Å²) in [5.41, 5.74) is 2.28. The molecule has 3 nitrogen and oxygen atoms in total. The first-order chi connectivity index (χ1) is 14.2. The third-order valence-electron chi connectivity index (χ3n) is 4.68. The lowest BCUT2D eigenvalue weighted by molar-refractivity contribution is 0.114. The molecule has 0 aromatic heterocycles. The molecule has 0 unspecified atom stereocenters. The van der Waals surface area contributed by atoms with Crippen molar-refractivity contribution in [1.82, 2.24) is 4.90 Å². The maximum atomic E-state index is 6.25. The highest BCUT2D eigenvalue weighted by Gasteiger charge is 2.09. The minimum atomic E-state index is 0.659. The third kappa shape index (κ3) is 7.77. The third-order valence-corrected chi connectivity index (χ3v) is 5.27. The van der Waals surface area contributed by atoms with Gasteiger partial charge in [0.15, 0.2) is 0 Å². The van der Waals surface area contributed by atoms with E-state index >= 15 is 0 Å². The van der Waals surface area contributed by atoms with Crippen LogP contribution in [0.15, 0.2) is 72.6 Å².